The van der Waals surface area contributed by atoms with E-state index < -0.39 is 0 Å². The van der Waals surface area contributed by atoms with Gasteiger partial charge in [-0.05, 0) is 6.42 Å². The molecule has 6 heteroatoms. The van der Waals surface area contributed by atoms with Gasteiger partial charge in [-0.1, -0.05) is 19.8 Å². The van der Waals surface area contributed by atoms with Crippen molar-refractivity contribution in [2.75, 3.05) is 40.5 Å². The molecule has 1 aliphatic rings. The van der Waals surface area contributed by atoms with Crippen molar-refractivity contribution in [1.29, 1.82) is 0 Å². The number of hydrogen-bond donors (Lipinski definition) is 2. The van der Waals surface area contributed by atoms with E-state index in [0.29, 0.717) is 0 Å². The fourth-order valence-corrected chi connectivity index (χ4v) is 2.24. The summed E-state index contributed by atoms with van der Waals surface area (Å²) < 4.78 is 11.1. The van der Waals surface area contributed by atoms with Crippen LogP contribution in [0, 0.1) is 0 Å². The van der Waals surface area contributed by atoms with Gasteiger partial charge in [-0.2, -0.15) is 0 Å². The first-order valence-electron chi connectivity index (χ1n) is 7.34. The fraction of sp³-hybridized carbons (Fsp3) is 0.929. The number of halogens is 1. The highest BCUT2D eigenvalue weighted by Crippen LogP contribution is 2.23. The molecule has 1 rings (SSSR count). The average Bonchev–Trinajstić information content (AvgIpc) is 2.47. The van der Waals surface area contributed by atoms with Crippen molar-refractivity contribution in [3.63, 3.8) is 0 Å². The van der Waals surface area contributed by atoms with Crippen LogP contribution in [0.5, 0.6) is 0 Å². The first-order chi connectivity index (χ1) is 9.26. The van der Waals surface area contributed by atoms with Gasteiger partial charge in [-0.3, -0.25) is 4.99 Å². The van der Waals surface area contributed by atoms with Crippen molar-refractivity contribution in [2.45, 2.75) is 44.6 Å². The summed E-state index contributed by atoms with van der Waals surface area (Å²) in [6.45, 7) is 5.51. The molecule has 0 saturated carbocycles. The van der Waals surface area contributed by atoms with E-state index in [2.05, 4.69) is 22.5 Å². The molecule has 0 amide bonds. The van der Waals surface area contributed by atoms with Crippen molar-refractivity contribution in [2.24, 2.45) is 4.99 Å². The minimum atomic E-state index is -0.112. The molecule has 1 fully saturated rings. The summed E-state index contributed by atoms with van der Waals surface area (Å²) in [7, 11) is 3.59. The molecule has 2 N–H and O–H groups in total. The number of nitrogens with zero attached hydrogens (tertiary/aromatic N) is 1. The first kappa shape index (κ1) is 19.9. The summed E-state index contributed by atoms with van der Waals surface area (Å²) in [5.41, 5.74) is -0.112. The van der Waals surface area contributed by atoms with Gasteiger partial charge in [0.1, 0.15) is 0 Å². The minimum Gasteiger partial charge on any atom is -0.381 e. The fourth-order valence-electron chi connectivity index (χ4n) is 2.24. The van der Waals surface area contributed by atoms with Crippen LogP contribution in [0.15, 0.2) is 4.99 Å². The van der Waals surface area contributed by atoms with Crippen LogP contribution >= 0.6 is 24.0 Å². The number of rotatable bonds is 7. The number of aliphatic imine (C=N–C) groups is 1. The molecule has 0 spiro atoms. The van der Waals surface area contributed by atoms with Crippen LogP contribution in [-0.2, 0) is 9.47 Å². The number of methoxy groups -OCH3 is 1. The molecule has 1 heterocycles. The third-order valence-electron chi connectivity index (χ3n) is 3.71. The highest BCUT2D eigenvalue weighted by Gasteiger charge is 2.32. The first-order valence-corrected chi connectivity index (χ1v) is 7.34. The van der Waals surface area contributed by atoms with Crippen LogP contribution in [0.3, 0.4) is 0 Å². The molecular weight excluding hydrogens is 369 g/mol. The Morgan fingerprint density at radius 2 is 1.95 bits per heavy atom. The molecule has 0 aromatic heterocycles. The second kappa shape index (κ2) is 11.6. The Balaban J connectivity index is 0.00000361. The monoisotopic (exact) mass is 399 g/mol. The van der Waals surface area contributed by atoms with E-state index in [1.54, 1.807) is 14.2 Å². The second-order valence-electron chi connectivity index (χ2n) is 5.06. The summed E-state index contributed by atoms with van der Waals surface area (Å²) in [5.74, 6) is 0.860. The SMILES string of the molecule is CCCCCNC(=NC)NCC1(OC)CCOCC1.I. The Morgan fingerprint density at radius 3 is 2.50 bits per heavy atom. The molecule has 0 aromatic rings. The van der Waals surface area contributed by atoms with Crippen molar-refractivity contribution in [3.05, 3.63) is 0 Å². The third kappa shape index (κ3) is 7.08. The standard InChI is InChI=1S/C14H29N3O2.HI/c1-4-5-6-9-16-13(15-2)17-12-14(18-3)7-10-19-11-8-14;/h4-12H2,1-3H3,(H2,15,16,17);1H. The maximum atomic E-state index is 5.69. The highest BCUT2D eigenvalue weighted by atomic mass is 127. The van der Waals surface area contributed by atoms with E-state index in [9.17, 15) is 0 Å². The van der Waals surface area contributed by atoms with Gasteiger partial charge in [0.05, 0.1) is 5.60 Å². The average molecular weight is 399 g/mol. The second-order valence-corrected chi connectivity index (χ2v) is 5.06. The van der Waals surface area contributed by atoms with Crippen LogP contribution < -0.4 is 10.6 Å². The lowest BCUT2D eigenvalue weighted by Gasteiger charge is -2.36. The van der Waals surface area contributed by atoms with Crippen LogP contribution in [0.4, 0.5) is 0 Å². The van der Waals surface area contributed by atoms with Crippen molar-refractivity contribution in [1.82, 2.24) is 10.6 Å². The number of guanidine groups is 1. The lowest BCUT2D eigenvalue weighted by molar-refractivity contribution is -0.0855. The molecule has 0 radical (unpaired) electrons. The van der Waals surface area contributed by atoms with Gasteiger partial charge in [0.25, 0.3) is 0 Å². The van der Waals surface area contributed by atoms with E-state index >= 15 is 0 Å². The van der Waals surface area contributed by atoms with Gasteiger partial charge in [0, 0.05) is 53.3 Å². The van der Waals surface area contributed by atoms with E-state index in [1.165, 1.54) is 19.3 Å². The molecular formula is C14H30IN3O2. The zero-order chi connectivity index (χ0) is 14.0. The van der Waals surface area contributed by atoms with Gasteiger partial charge in [0.15, 0.2) is 5.96 Å². The maximum absolute atomic E-state index is 5.69. The van der Waals surface area contributed by atoms with Gasteiger partial charge in [-0.15, -0.1) is 24.0 Å². The topological polar surface area (TPSA) is 54.9 Å². The van der Waals surface area contributed by atoms with Crippen molar-refractivity contribution >= 4 is 29.9 Å². The van der Waals surface area contributed by atoms with Crippen LogP contribution in [0.25, 0.3) is 0 Å². The zero-order valence-corrected chi connectivity index (χ0v) is 15.4. The summed E-state index contributed by atoms with van der Waals surface area (Å²) in [6, 6.07) is 0. The van der Waals surface area contributed by atoms with Gasteiger partial charge in [0.2, 0.25) is 0 Å². The molecule has 0 aromatic carbocycles. The Hall–Kier alpha value is -0.0800. The van der Waals surface area contributed by atoms with E-state index in [0.717, 1.165) is 45.1 Å². The molecule has 0 unspecified atom stereocenters. The maximum Gasteiger partial charge on any atom is 0.191 e. The predicted octanol–water partition coefficient (Wildman–Crippen LogP) is 2.16. The molecule has 0 bridgehead atoms. The summed E-state index contributed by atoms with van der Waals surface area (Å²) in [4.78, 5) is 4.24. The Morgan fingerprint density at radius 1 is 1.25 bits per heavy atom. The number of ether oxygens (including phenoxy) is 2. The van der Waals surface area contributed by atoms with Crippen LogP contribution in [-0.4, -0.2) is 52.0 Å². The molecule has 1 saturated heterocycles. The lowest BCUT2D eigenvalue weighted by Crippen LogP contribution is -2.50. The highest BCUT2D eigenvalue weighted by molar-refractivity contribution is 14.0. The van der Waals surface area contributed by atoms with Crippen molar-refractivity contribution < 1.29 is 9.47 Å². The number of unbranched alkanes of at least 4 members (excludes halogenated alkanes) is 2. The van der Waals surface area contributed by atoms with Crippen molar-refractivity contribution in [3.8, 4) is 0 Å². The number of nitrogens with one attached hydrogen (secondary N) is 2. The van der Waals surface area contributed by atoms with E-state index in [1.807, 2.05) is 0 Å². The van der Waals surface area contributed by atoms with Gasteiger partial charge in [-0.25, -0.2) is 0 Å². The molecule has 0 atom stereocenters. The Kier molecular flexibility index (Phi) is 11.5. The van der Waals surface area contributed by atoms with E-state index in [4.69, 9.17) is 9.47 Å². The van der Waals surface area contributed by atoms with E-state index in [-0.39, 0.29) is 29.6 Å². The molecule has 5 nitrogen and oxygen atoms in total. The number of hydrogen-bond acceptors (Lipinski definition) is 3. The zero-order valence-electron chi connectivity index (χ0n) is 13.0. The molecule has 1 aliphatic heterocycles. The van der Waals surface area contributed by atoms with Gasteiger partial charge >= 0.3 is 0 Å². The summed E-state index contributed by atoms with van der Waals surface area (Å²) >= 11 is 0. The van der Waals surface area contributed by atoms with Gasteiger partial charge < -0.3 is 20.1 Å². The molecule has 20 heavy (non-hydrogen) atoms. The predicted molar refractivity (Wildman–Crippen MR) is 94.1 cm³/mol. The largest absolute Gasteiger partial charge is 0.381 e. The summed E-state index contributed by atoms with van der Waals surface area (Å²) in [5, 5.41) is 6.70. The smallest absolute Gasteiger partial charge is 0.191 e. The molecule has 0 aliphatic carbocycles. The third-order valence-corrected chi connectivity index (χ3v) is 3.71. The quantitative estimate of drug-likeness (QED) is 0.298. The van der Waals surface area contributed by atoms with Crippen LogP contribution in [0.2, 0.25) is 0 Å². The Labute approximate surface area is 140 Å². The van der Waals surface area contributed by atoms with Crippen LogP contribution in [0.1, 0.15) is 39.0 Å². The molecule has 120 valence electrons. The lowest BCUT2D eigenvalue weighted by atomic mass is 9.94. The summed E-state index contributed by atoms with van der Waals surface area (Å²) in [6.07, 6.45) is 5.54. The normalized spacial score (nSPS) is 18.2. The Bertz CT molecular complexity index is 269. The minimum absolute atomic E-state index is 0.